The van der Waals surface area contributed by atoms with Crippen LogP contribution in [0, 0.1) is 58.2 Å². The van der Waals surface area contributed by atoms with Gasteiger partial charge in [-0.15, -0.1) is 0 Å². The van der Waals surface area contributed by atoms with E-state index in [2.05, 4.69) is 31.4 Å². The summed E-state index contributed by atoms with van der Waals surface area (Å²) in [7, 11) is 3.89. The number of esters is 11. The van der Waals surface area contributed by atoms with E-state index >= 15 is 9.59 Å². The standard InChI is InChI=1S/C102H177N9O27/c1-67(37-42-79(113)127-28)73-40-41-74-70-39-38-68-55-69(43-44-101(68,26)75(70)56-78(112)102(73,74)27)130-92(126)111-57-71(88(122)103-45-33-31-35-76(90(124)128-29)109(51-47-105(59-80(114)131-93(2,3)4)60-81(115)132-94(5,6)7)52-48-106(61-82(116)133-95(8,9)10)62-83(117)134-96(11,12)13)72(58-111)89(123)104-46-34-32-36-77(91(125)129-30)110(53-49-107(63-84(118)135-97(14,15)16)64-85(119)136-98(17,18)19)54-50-108(65-86(120)137-99(20,21)22)66-87(121)138-100(23,24)25/h67-78,112H,31-66H2,1-30H3,(H,103,122)(H,104,123)/t67-,68-,69-,70+,71-,72+,73-,74+,75+,76?,77?,78+,101+,102-/m1/s1. The molecule has 36 nitrogen and oxygen atoms in total. The van der Waals surface area contributed by atoms with E-state index in [9.17, 15) is 62.6 Å². The van der Waals surface area contributed by atoms with Crippen LogP contribution in [0.5, 0.6) is 0 Å². The molecule has 3 amide bonds. The Labute approximate surface area is 822 Å². The van der Waals surface area contributed by atoms with Gasteiger partial charge in [0.1, 0.15) is 63.0 Å². The van der Waals surface area contributed by atoms with E-state index in [1.54, 1.807) is 196 Å². The van der Waals surface area contributed by atoms with Crippen LogP contribution in [0.3, 0.4) is 0 Å². The predicted molar refractivity (Wildman–Crippen MR) is 517 cm³/mol. The molecule has 0 bridgehead atoms. The minimum Gasteiger partial charge on any atom is -0.469 e. The molecule has 14 atom stereocenters. The topological polar surface area (TPSA) is 417 Å². The summed E-state index contributed by atoms with van der Waals surface area (Å²) in [4.78, 5) is 206. The predicted octanol–water partition coefficient (Wildman–Crippen LogP) is 10.5. The lowest BCUT2D eigenvalue weighted by atomic mass is 9.43. The average molecular weight is 1960 g/mol. The summed E-state index contributed by atoms with van der Waals surface area (Å²) in [5.41, 5.74) is -7.47. The largest absolute Gasteiger partial charge is 0.469 e. The van der Waals surface area contributed by atoms with Crippen molar-refractivity contribution in [2.24, 2.45) is 58.2 Å². The van der Waals surface area contributed by atoms with E-state index in [0.29, 0.717) is 43.9 Å². The van der Waals surface area contributed by atoms with Gasteiger partial charge in [0.05, 0.1) is 91.6 Å². The number of fused-ring (bicyclic) bond motifs is 5. The maximum atomic E-state index is 15.1. The van der Waals surface area contributed by atoms with Crippen LogP contribution in [0.25, 0.3) is 0 Å². The molecule has 1 heterocycles. The summed E-state index contributed by atoms with van der Waals surface area (Å²) < 4.78 is 68.1. The van der Waals surface area contributed by atoms with Crippen LogP contribution < -0.4 is 10.6 Å². The van der Waals surface area contributed by atoms with Crippen molar-refractivity contribution in [1.29, 1.82) is 0 Å². The molecule has 36 heteroatoms. The van der Waals surface area contributed by atoms with Gasteiger partial charge >= 0.3 is 71.8 Å². The number of amides is 3. The summed E-state index contributed by atoms with van der Waals surface area (Å²) in [5, 5.41) is 18.5. The van der Waals surface area contributed by atoms with Crippen LogP contribution >= 0.6 is 0 Å². The lowest BCUT2D eigenvalue weighted by Crippen LogP contribution is -2.59. The van der Waals surface area contributed by atoms with Crippen molar-refractivity contribution < 1.29 is 129 Å². The van der Waals surface area contributed by atoms with Crippen molar-refractivity contribution in [3.8, 4) is 0 Å². The zero-order valence-corrected chi connectivity index (χ0v) is 89.6. The molecule has 0 spiro atoms. The summed E-state index contributed by atoms with van der Waals surface area (Å²) >= 11 is 0. The molecule has 1 saturated heterocycles. The normalized spacial score (nSPS) is 22.7. The second-order valence-electron chi connectivity index (χ2n) is 47.2. The third-order valence-electron chi connectivity index (χ3n) is 26.3. The Balaban J connectivity index is 1.48. The third kappa shape index (κ3) is 42.3. The van der Waals surface area contributed by atoms with Crippen molar-refractivity contribution in [1.82, 2.24) is 44.9 Å². The monoisotopic (exact) mass is 1960 g/mol. The number of hydrogen-bond donors (Lipinski definition) is 3. The summed E-state index contributed by atoms with van der Waals surface area (Å²) in [6.45, 7) is 45.0. The van der Waals surface area contributed by atoms with Crippen molar-refractivity contribution in [2.45, 2.75) is 359 Å². The Kier molecular flexibility index (Phi) is 45.8. The van der Waals surface area contributed by atoms with Crippen molar-refractivity contribution in [3.63, 3.8) is 0 Å². The number of methoxy groups -OCH3 is 3. The van der Waals surface area contributed by atoms with Gasteiger partial charge in [0, 0.05) is 85.0 Å². The second-order valence-corrected chi connectivity index (χ2v) is 47.2. The molecule has 4 aliphatic carbocycles. The molecule has 5 rings (SSSR count). The Hall–Kier alpha value is -7.90. The molecular formula is C102H177N9O27. The van der Waals surface area contributed by atoms with Gasteiger partial charge in [0.25, 0.3) is 0 Å². The van der Waals surface area contributed by atoms with Crippen LogP contribution in [-0.2, 0) is 119 Å². The summed E-state index contributed by atoms with van der Waals surface area (Å²) in [5.74, 6) is -8.15. The number of aliphatic hydroxyl groups excluding tert-OH is 1. The van der Waals surface area contributed by atoms with Gasteiger partial charge in [0.2, 0.25) is 11.8 Å². The number of carbonyl (C=O) groups is 14. The summed E-state index contributed by atoms with van der Waals surface area (Å²) in [6, 6.07) is -2.07. The number of hydrogen-bond acceptors (Lipinski definition) is 33. The maximum Gasteiger partial charge on any atom is 0.410 e. The van der Waals surface area contributed by atoms with Crippen LogP contribution in [0.4, 0.5) is 4.79 Å². The first-order chi connectivity index (χ1) is 63.5. The molecule has 3 N–H and O–H groups in total. The van der Waals surface area contributed by atoms with Gasteiger partial charge in [-0.3, -0.25) is 91.7 Å². The lowest BCUT2D eigenvalue weighted by molar-refractivity contribution is -0.175. The van der Waals surface area contributed by atoms with Gasteiger partial charge in [-0.1, -0.05) is 20.8 Å². The molecule has 5 fully saturated rings. The molecule has 4 saturated carbocycles. The number of aliphatic hydroxyl groups is 1. The molecule has 0 radical (unpaired) electrons. The number of ether oxygens (including phenoxy) is 12. The molecule has 0 aromatic heterocycles. The van der Waals surface area contributed by atoms with E-state index in [1.807, 2.05) is 0 Å². The zero-order chi connectivity index (χ0) is 104. The Bertz CT molecular complexity index is 3570. The Morgan fingerprint density at radius 3 is 1.00 bits per heavy atom. The first kappa shape index (κ1) is 121. The van der Waals surface area contributed by atoms with E-state index in [4.69, 9.17) is 56.8 Å². The molecule has 2 unspecified atom stereocenters. The summed E-state index contributed by atoms with van der Waals surface area (Å²) in [6.07, 6.45) is 7.21. The van der Waals surface area contributed by atoms with Gasteiger partial charge in [-0.2, -0.15) is 0 Å². The first-order valence-corrected chi connectivity index (χ1v) is 50.1. The highest BCUT2D eigenvalue weighted by Crippen LogP contribution is 2.69. The smallest absolute Gasteiger partial charge is 0.410 e. The third-order valence-corrected chi connectivity index (χ3v) is 26.3. The van der Waals surface area contributed by atoms with Gasteiger partial charge < -0.3 is 77.5 Å². The minimum absolute atomic E-state index is 0.00535. The lowest BCUT2D eigenvalue weighted by Gasteiger charge is -2.62. The van der Waals surface area contributed by atoms with Gasteiger partial charge in [-0.05, 0) is 309 Å². The first-order valence-electron chi connectivity index (χ1n) is 50.1. The highest BCUT2D eigenvalue weighted by atomic mass is 16.6. The quantitative estimate of drug-likeness (QED) is 0.0289. The number of carbonyl (C=O) groups excluding carboxylic acids is 14. The van der Waals surface area contributed by atoms with Crippen LogP contribution in [0.15, 0.2) is 0 Å². The van der Waals surface area contributed by atoms with E-state index in [1.165, 1.54) is 26.2 Å². The van der Waals surface area contributed by atoms with Crippen LogP contribution in [0.2, 0.25) is 0 Å². The highest BCUT2D eigenvalue weighted by Gasteiger charge is 2.64. The van der Waals surface area contributed by atoms with Crippen molar-refractivity contribution in [3.05, 3.63) is 0 Å². The molecule has 0 aromatic rings. The number of unbranched alkanes of at least 4 members (excludes halogenated alkanes) is 2. The van der Waals surface area contributed by atoms with Crippen molar-refractivity contribution >= 4 is 83.6 Å². The fraction of sp³-hybridized carbons (Fsp3) is 0.863. The van der Waals surface area contributed by atoms with Gasteiger partial charge in [-0.25, -0.2) is 4.79 Å². The zero-order valence-electron chi connectivity index (χ0n) is 89.6. The van der Waals surface area contributed by atoms with E-state index in [0.717, 1.165) is 32.1 Å². The Morgan fingerprint density at radius 2 is 0.703 bits per heavy atom. The molecule has 792 valence electrons. The van der Waals surface area contributed by atoms with E-state index in [-0.39, 0.29) is 210 Å². The van der Waals surface area contributed by atoms with Crippen LogP contribution in [0.1, 0.15) is 290 Å². The number of likely N-dealkylation sites (tertiary alicyclic amines) is 1. The molecule has 5 aliphatic rings. The highest BCUT2D eigenvalue weighted by molar-refractivity contribution is 5.90. The molecular weight excluding hydrogens is 1780 g/mol. The number of nitrogens with one attached hydrogen (secondary N) is 2. The fourth-order valence-electron chi connectivity index (χ4n) is 20.6. The SMILES string of the molecule is COC(=O)CC[C@@H](C)[C@H]1CC[C@H]2[C@@H]3CC[C@@H]4C[C@H](OC(=O)N5C[C@H](C(=O)NCCCCC(C(=O)OC)N(CCN(CC(=O)OC(C)(C)C)CC(=O)OC(C)(C)C)CCN(CC(=O)OC(C)(C)C)CC(=O)OC(C)(C)C)[C@H](C(=O)NCCCCC(C(=O)OC)N(CCN(CC(=O)OC(C)(C)C)CC(=O)OC(C)(C)C)CCN(CC(=O)OC(C)(C)C)CC(=O)OC(C)(C)C)C5)CC[C@]4(C)[C@H]3C[C@H](O)[C@]12C. The average Bonchev–Trinajstić information content (AvgIpc) is 1.46. The Morgan fingerprint density at radius 1 is 0.384 bits per heavy atom. The number of rotatable bonds is 49. The second kappa shape index (κ2) is 52.4. The maximum absolute atomic E-state index is 15.1. The van der Waals surface area contributed by atoms with Crippen molar-refractivity contribution in [2.75, 3.05) is 152 Å². The minimum atomic E-state index is -1.10. The molecule has 0 aromatic carbocycles. The number of nitrogens with zero attached hydrogens (tertiary/aromatic N) is 7. The van der Waals surface area contributed by atoms with E-state index < -0.39 is 159 Å². The molecule has 1 aliphatic heterocycles. The van der Waals surface area contributed by atoms with Crippen LogP contribution in [-0.4, -0.2) is 344 Å². The fourth-order valence-corrected chi connectivity index (χ4v) is 20.6. The van der Waals surface area contributed by atoms with Gasteiger partial charge in [0.15, 0.2) is 0 Å². The molecule has 138 heavy (non-hydrogen) atoms.